The maximum atomic E-state index is 14.8. The van der Waals surface area contributed by atoms with Crippen molar-refractivity contribution in [2.75, 3.05) is 31.1 Å². The number of urea groups is 1. The minimum absolute atomic E-state index is 0.0323. The van der Waals surface area contributed by atoms with Crippen LogP contribution in [0.4, 0.5) is 19.3 Å². The average Bonchev–Trinajstić information content (AvgIpc) is 3.22. The number of fused-ring (bicyclic) bond motifs is 2. The van der Waals surface area contributed by atoms with Crippen LogP contribution in [0.25, 0.3) is 6.08 Å². The standard InChI is InChI=1S/C28H25Cl3F2N4O/c29-20-5-3-18(4-6-20)2-1-11-36-12-8-28(9-13-36)17-37(22-15-21(30)26(33)25(31)24(22)28)27(38)35-16-19-7-10-34-23(32)14-19/h1-7,10,14-15H,8-9,11-13,16-17H2,(H,35,38)/b2-1+. The molecule has 3 aromatic rings. The number of carbonyl (C=O) groups excluding carboxylic acids is 1. The number of piperidine rings is 1. The first kappa shape index (κ1) is 26.9. The van der Waals surface area contributed by atoms with Gasteiger partial charge in [-0.1, -0.05) is 59.1 Å². The normalized spacial score (nSPS) is 16.8. The molecule has 2 aromatic carbocycles. The number of amides is 2. The second-order valence-corrected chi connectivity index (χ2v) is 10.9. The molecule has 0 radical (unpaired) electrons. The zero-order valence-corrected chi connectivity index (χ0v) is 22.6. The van der Waals surface area contributed by atoms with E-state index in [0.717, 1.165) is 25.2 Å². The van der Waals surface area contributed by atoms with E-state index in [4.69, 9.17) is 34.8 Å². The number of pyridine rings is 1. The number of hydrogen-bond donors (Lipinski definition) is 1. The number of benzene rings is 2. The van der Waals surface area contributed by atoms with Crippen molar-refractivity contribution >= 4 is 52.6 Å². The molecule has 0 saturated carbocycles. The summed E-state index contributed by atoms with van der Waals surface area (Å²) in [6.45, 7) is 2.76. The van der Waals surface area contributed by atoms with Gasteiger partial charge in [-0.2, -0.15) is 4.39 Å². The SMILES string of the molecule is O=C(NCc1ccnc(F)c1)N1CC2(CCN(C/C=C/c3ccc(Cl)cc3)CC2)c2c1cc(Cl)c(F)c2Cl. The predicted octanol–water partition coefficient (Wildman–Crippen LogP) is 7.10. The predicted molar refractivity (Wildman–Crippen MR) is 148 cm³/mol. The largest absolute Gasteiger partial charge is 0.334 e. The Hall–Kier alpha value is -2.71. The molecule has 2 aliphatic heterocycles. The third kappa shape index (κ3) is 5.52. The van der Waals surface area contributed by atoms with Crippen molar-refractivity contribution in [3.63, 3.8) is 0 Å². The monoisotopic (exact) mass is 576 g/mol. The molecule has 10 heteroatoms. The first-order valence-corrected chi connectivity index (χ1v) is 13.4. The molecule has 0 aliphatic carbocycles. The second-order valence-electron chi connectivity index (χ2n) is 9.65. The van der Waals surface area contributed by atoms with Crippen LogP contribution in [-0.2, 0) is 12.0 Å². The van der Waals surface area contributed by atoms with Crippen LogP contribution >= 0.6 is 34.8 Å². The summed E-state index contributed by atoms with van der Waals surface area (Å²) >= 11 is 18.6. The molecule has 1 aromatic heterocycles. The van der Waals surface area contributed by atoms with Crippen molar-refractivity contribution in [1.82, 2.24) is 15.2 Å². The van der Waals surface area contributed by atoms with Crippen LogP contribution in [0.1, 0.15) is 29.5 Å². The molecule has 0 atom stereocenters. The van der Waals surface area contributed by atoms with E-state index in [-0.39, 0.29) is 22.6 Å². The van der Waals surface area contributed by atoms with Gasteiger partial charge in [0.1, 0.15) is 0 Å². The Bertz CT molecular complexity index is 1380. The lowest BCUT2D eigenvalue weighted by Crippen LogP contribution is -2.47. The fourth-order valence-electron chi connectivity index (χ4n) is 5.26. The van der Waals surface area contributed by atoms with Crippen LogP contribution < -0.4 is 10.2 Å². The Labute approximate surface area is 235 Å². The van der Waals surface area contributed by atoms with E-state index in [1.807, 2.05) is 24.3 Å². The maximum Gasteiger partial charge on any atom is 0.322 e. The molecule has 3 heterocycles. The maximum absolute atomic E-state index is 14.8. The van der Waals surface area contributed by atoms with Gasteiger partial charge in [0.15, 0.2) is 5.82 Å². The number of carbonyl (C=O) groups is 1. The van der Waals surface area contributed by atoms with E-state index in [0.29, 0.717) is 41.2 Å². The van der Waals surface area contributed by atoms with Gasteiger partial charge in [0.05, 0.1) is 15.7 Å². The summed E-state index contributed by atoms with van der Waals surface area (Å²) in [5.74, 6) is -1.29. The number of nitrogens with one attached hydrogen (secondary N) is 1. The van der Waals surface area contributed by atoms with Gasteiger partial charge < -0.3 is 5.32 Å². The number of anilines is 1. The molecule has 198 valence electrons. The summed E-state index contributed by atoms with van der Waals surface area (Å²) in [4.78, 5) is 20.7. The number of nitrogens with zero attached hydrogens (tertiary/aromatic N) is 3. The third-order valence-corrected chi connectivity index (χ3v) is 8.14. The minimum Gasteiger partial charge on any atom is -0.334 e. The number of aromatic nitrogens is 1. The van der Waals surface area contributed by atoms with E-state index in [2.05, 4.69) is 27.4 Å². The van der Waals surface area contributed by atoms with Crippen molar-refractivity contribution in [1.29, 1.82) is 0 Å². The van der Waals surface area contributed by atoms with Crippen LogP contribution in [0.15, 0.2) is 54.7 Å². The molecule has 0 unspecified atom stereocenters. The summed E-state index contributed by atoms with van der Waals surface area (Å²) in [5.41, 5.74) is 2.30. The summed E-state index contributed by atoms with van der Waals surface area (Å²) in [6, 6.07) is 11.6. The number of rotatable bonds is 5. The highest BCUT2D eigenvalue weighted by molar-refractivity contribution is 6.36. The Morgan fingerprint density at radius 3 is 2.53 bits per heavy atom. The van der Waals surface area contributed by atoms with Gasteiger partial charge in [0.2, 0.25) is 5.95 Å². The lowest BCUT2D eigenvalue weighted by molar-refractivity contribution is 0.180. The van der Waals surface area contributed by atoms with Gasteiger partial charge in [-0.15, -0.1) is 0 Å². The minimum atomic E-state index is -0.672. The molecule has 1 saturated heterocycles. The van der Waals surface area contributed by atoms with Crippen molar-refractivity contribution in [3.8, 4) is 0 Å². The Kier molecular flexibility index (Phi) is 7.91. The van der Waals surface area contributed by atoms with Crippen molar-refractivity contribution < 1.29 is 13.6 Å². The first-order chi connectivity index (χ1) is 18.3. The van der Waals surface area contributed by atoms with E-state index in [9.17, 15) is 13.6 Å². The second kappa shape index (κ2) is 11.2. The van der Waals surface area contributed by atoms with Gasteiger partial charge >= 0.3 is 6.03 Å². The van der Waals surface area contributed by atoms with Crippen molar-refractivity contribution in [2.45, 2.75) is 24.8 Å². The lowest BCUT2D eigenvalue weighted by Gasteiger charge is -2.39. The van der Waals surface area contributed by atoms with E-state index < -0.39 is 17.2 Å². The van der Waals surface area contributed by atoms with Gasteiger partial charge in [0, 0.05) is 41.8 Å². The summed E-state index contributed by atoms with van der Waals surface area (Å²) in [5, 5.41) is 3.36. The molecule has 5 nitrogen and oxygen atoms in total. The first-order valence-electron chi connectivity index (χ1n) is 12.2. The highest BCUT2D eigenvalue weighted by Gasteiger charge is 2.48. The average molecular weight is 578 g/mol. The molecule has 2 aliphatic rings. The quantitative estimate of drug-likeness (QED) is 0.260. The van der Waals surface area contributed by atoms with Crippen molar-refractivity contribution in [3.05, 3.63) is 98.3 Å². The van der Waals surface area contributed by atoms with Crippen LogP contribution in [0.2, 0.25) is 15.1 Å². The van der Waals surface area contributed by atoms with Gasteiger partial charge in [-0.05, 0) is 67.4 Å². The number of likely N-dealkylation sites (tertiary alicyclic amines) is 1. The summed E-state index contributed by atoms with van der Waals surface area (Å²) < 4.78 is 28.3. The molecule has 5 rings (SSSR count). The van der Waals surface area contributed by atoms with E-state index in [1.54, 1.807) is 11.0 Å². The molecular weight excluding hydrogens is 553 g/mol. The van der Waals surface area contributed by atoms with Crippen LogP contribution in [0.3, 0.4) is 0 Å². The highest BCUT2D eigenvalue weighted by Crippen LogP contribution is 2.52. The van der Waals surface area contributed by atoms with Gasteiger partial charge in [-0.25, -0.2) is 14.2 Å². The summed E-state index contributed by atoms with van der Waals surface area (Å²) in [6.07, 6.45) is 6.92. The molecule has 1 spiro atoms. The summed E-state index contributed by atoms with van der Waals surface area (Å²) in [7, 11) is 0. The third-order valence-electron chi connectivity index (χ3n) is 7.26. The van der Waals surface area contributed by atoms with Crippen molar-refractivity contribution in [2.24, 2.45) is 0 Å². The zero-order valence-electron chi connectivity index (χ0n) is 20.4. The number of hydrogen-bond acceptors (Lipinski definition) is 3. The Balaban J connectivity index is 1.31. The molecule has 1 N–H and O–H groups in total. The molecule has 2 amide bonds. The zero-order chi connectivity index (χ0) is 26.9. The van der Waals surface area contributed by atoms with Crippen LogP contribution in [-0.4, -0.2) is 42.1 Å². The molecule has 38 heavy (non-hydrogen) atoms. The van der Waals surface area contributed by atoms with Crippen LogP contribution in [0, 0.1) is 11.8 Å². The van der Waals surface area contributed by atoms with Gasteiger partial charge in [-0.3, -0.25) is 9.80 Å². The number of halogens is 5. The topological polar surface area (TPSA) is 48.5 Å². The smallest absolute Gasteiger partial charge is 0.322 e. The highest BCUT2D eigenvalue weighted by atomic mass is 35.5. The van der Waals surface area contributed by atoms with Gasteiger partial charge in [0.25, 0.3) is 0 Å². The molecular formula is C28H25Cl3F2N4O. The molecule has 1 fully saturated rings. The van der Waals surface area contributed by atoms with Crippen LogP contribution in [0.5, 0.6) is 0 Å². The Morgan fingerprint density at radius 2 is 1.82 bits per heavy atom. The van der Waals surface area contributed by atoms with E-state index >= 15 is 0 Å². The lowest BCUT2D eigenvalue weighted by atomic mass is 9.74. The Morgan fingerprint density at radius 1 is 1.08 bits per heavy atom. The van der Waals surface area contributed by atoms with E-state index in [1.165, 1.54) is 18.3 Å². The molecule has 0 bridgehead atoms. The fourth-order valence-corrected chi connectivity index (χ4v) is 6.03. The fraction of sp³-hybridized carbons (Fsp3) is 0.286.